The summed E-state index contributed by atoms with van der Waals surface area (Å²) in [5, 5.41) is 21.3. The highest BCUT2D eigenvalue weighted by atomic mass is 19.4. The Hall–Kier alpha value is -2.53. The first-order valence-electron chi connectivity index (χ1n) is 9.01. The highest BCUT2D eigenvalue weighted by molar-refractivity contribution is 6.43. The van der Waals surface area contributed by atoms with E-state index in [0.29, 0.717) is 24.9 Å². The topological polar surface area (TPSA) is 99.1 Å². The van der Waals surface area contributed by atoms with Crippen molar-refractivity contribution >= 4 is 19.1 Å². The lowest BCUT2D eigenvalue weighted by molar-refractivity contribution is -0.137. The number of piperidine rings is 1. The lowest BCUT2D eigenvalue weighted by Crippen LogP contribution is -2.50. The molecule has 158 valence electrons. The molecule has 1 aromatic rings. The number of rotatable bonds is 6. The van der Waals surface area contributed by atoms with E-state index in [1.54, 1.807) is 0 Å². The van der Waals surface area contributed by atoms with E-state index in [-0.39, 0.29) is 18.9 Å². The molecule has 0 unspecified atom stereocenters. The van der Waals surface area contributed by atoms with Crippen LogP contribution in [0.15, 0.2) is 36.9 Å². The van der Waals surface area contributed by atoms with E-state index in [4.69, 9.17) is 4.74 Å². The van der Waals surface area contributed by atoms with Crippen molar-refractivity contribution in [2.24, 2.45) is 0 Å². The van der Waals surface area contributed by atoms with Gasteiger partial charge in [0, 0.05) is 6.54 Å². The summed E-state index contributed by atoms with van der Waals surface area (Å²) < 4.78 is 43.1. The van der Waals surface area contributed by atoms with Crippen molar-refractivity contribution in [1.29, 1.82) is 0 Å². The van der Waals surface area contributed by atoms with Crippen LogP contribution >= 0.6 is 0 Å². The number of likely N-dealkylation sites (tertiary alicyclic amines) is 1. The summed E-state index contributed by atoms with van der Waals surface area (Å²) in [6.45, 7) is 4.13. The smallest absolute Gasteiger partial charge is 0.444 e. The van der Waals surface area contributed by atoms with Gasteiger partial charge in [-0.25, -0.2) is 4.79 Å². The maximum absolute atomic E-state index is 12.6. The van der Waals surface area contributed by atoms with Crippen molar-refractivity contribution < 1.29 is 37.5 Å². The lowest BCUT2D eigenvalue weighted by atomic mass is 9.76. The minimum atomic E-state index is -4.47. The first kappa shape index (κ1) is 22.8. The van der Waals surface area contributed by atoms with Crippen LogP contribution in [0.3, 0.4) is 0 Å². The molecule has 2 amide bonds. The van der Waals surface area contributed by atoms with Gasteiger partial charge in [-0.1, -0.05) is 18.7 Å². The normalized spacial score (nSPS) is 18.0. The Bertz CT molecular complexity index is 727. The molecule has 2 rings (SSSR count). The first-order valence-corrected chi connectivity index (χ1v) is 9.01. The molecule has 7 nitrogen and oxygen atoms in total. The SMILES string of the molecule is C=CC(=O)N1CCC[C@H](OC(=O)N[C@@H](Cc2ccc(C(F)(F)F)cc2)B(O)O)C1. The Labute approximate surface area is 166 Å². The average Bonchev–Trinajstić information content (AvgIpc) is 2.66. The van der Waals surface area contributed by atoms with Crippen molar-refractivity contribution in [3.8, 4) is 0 Å². The standard InChI is InChI=1S/C18H22BF3N2O5/c1-2-16(25)24-9-3-4-14(11-24)29-17(26)23-15(19(27)28)10-12-5-7-13(8-6-12)18(20,21)22/h2,5-8,14-15,27-28H,1,3-4,9-11H2,(H,23,26)/t14-,15-/m0/s1. The molecule has 1 heterocycles. The van der Waals surface area contributed by atoms with Gasteiger partial charge in [-0.3, -0.25) is 4.79 Å². The number of carbonyl (C=O) groups excluding carboxylic acids is 2. The number of nitrogens with zero attached hydrogens (tertiary/aromatic N) is 1. The fourth-order valence-electron chi connectivity index (χ4n) is 3.02. The molecule has 0 saturated carbocycles. The molecule has 0 bridgehead atoms. The van der Waals surface area contributed by atoms with E-state index in [1.807, 2.05) is 0 Å². The zero-order valence-electron chi connectivity index (χ0n) is 15.6. The van der Waals surface area contributed by atoms with Crippen LogP contribution in [-0.4, -0.2) is 59.2 Å². The number of alkyl halides is 3. The Kier molecular flexibility index (Phi) is 7.69. The van der Waals surface area contributed by atoms with Crippen molar-refractivity contribution in [2.75, 3.05) is 13.1 Å². The summed E-state index contributed by atoms with van der Waals surface area (Å²) in [6, 6.07) is 4.15. The molecule has 29 heavy (non-hydrogen) atoms. The summed E-state index contributed by atoms with van der Waals surface area (Å²) >= 11 is 0. The molecule has 2 atom stereocenters. The number of nitrogens with one attached hydrogen (secondary N) is 1. The van der Waals surface area contributed by atoms with Gasteiger partial charge in [-0.05, 0) is 43.0 Å². The van der Waals surface area contributed by atoms with E-state index in [1.165, 1.54) is 23.1 Å². The van der Waals surface area contributed by atoms with Gasteiger partial charge in [0.05, 0.1) is 18.0 Å². The number of halogens is 3. The summed E-state index contributed by atoms with van der Waals surface area (Å²) in [4.78, 5) is 25.3. The van der Waals surface area contributed by atoms with Gasteiger partial charge < -0.3 is 25.0 Å². The molecule has 0 spiro atoms. The molecule has 0 radical (unpaired) electrons. The molecule has 1 fully saturated rings. The Morgan fingerprint density at radius 1 is 1.34 bits per heavy atom. The molecule has 1 saturated heterocycles. The van der Waals surface area contributed by atoms with Gasteiger partial charge in [0.15, 0.2) is 0 Å². The number of benzene rings is 1. The monoisotopic (exact) mass is 414 g/mol. The van der Waals surface area contributed by atoms with E-state index in [0.717, 1.165) is 12.1 Å². The fraction of sp³-hybridized carbons (Fsp3) is 0.444. The van der Waals surface area contributed by atoms with Crippen LogP contribution in [0.4, 0.5) is 18.0 Å². The van der Waals surface area contributed by atoms with E-state index in [2.05, 4.69) is 11.9 Å². The van der Waals surface area contributed by atoms with Gasteiger partial charge in [0.2, 0.25) is 5.91 Å². The maximum atomic E-state index is 12.6. The highest BCUT2D eigenvalue weighted by Gasteiger charge is 2.31. The molecular weight excluding hydrogens is 392 g/mol. The zero-order chi connectivity index (χ0) is 21.6. The minimum Gasteiger partial charge on any atom is -0.444 e. The van der Waals surface area contributed by atoms with E-state index >= 15 is 0 Å². The van der Waals surface area contributed by atoms with Crippen LogP contribution in [0, 0.1) is 0 Å². The number of amides is 2. The van der Waals surface area contributed by atoms with Gasteiger partial charge in [0.1, 0.15) is 6.10 Å². The molecule has 3 N–H and O–H groups in total. The molecule has 11 heteroatoms. The Balaban J connectivity index is 1.93. The zero-order valence-corrected chi connectivity index (χ0v) is 15.6. The average molecular weight is 414 g/mol. The largest absolute Gasteiger partial charge is 0.475 e. The quantitative estimate of drug-likeness (QED) is 0.485. The predicted molar refractivity (Wildman–Crippen MR) is 98.5 cm³/mol. The van der Waals surface area contributed by atoms with Crippen molar-refractivity contribution in [3.05, 3.63) is 48.0 Å². The van der Waals surface area contributed by atoms with Crippen LogP contribution in [-0.2, 0) is 22.1 Å². The second kappa shape index (κ2) is 9.79. The second-order valence-corrected chi connectivity index (χ2v) is 6.72. The third-order valence-electron chi connectivity index (χ3n) is 4.54. The molecular formula is C18H22BF3N2O5. The summed E-state index contributed by atoms with van der Waals surface area (Å²) in [6.07, 6.45) is -3.71. The summed E-state index contributed by atoms with van der Waals surface area (Å²) in [5.41, 5.74) is -0.456. The van der Waals surface area contributed by atoms with Gasteiger partial charge in [-0.15, -0.1) is 0 Å². The number of hydrogen-bond donors (Lipinski definition) is 3. The van der Waals surface area contributed by atoms with E-state index < -0.39 is 37.0 Å². The molecule has 1 aromatic carbocycles. The Morgan fingerprint density at radius 3 is 2.55 bits per heavy atom. The summed E-state index contributed by atoms with van der Waals surface area (Å²) in [7, 11) is -1.95. The number of ether oxygens (including phenoxy) is 1. The van der Waals surface area contributed by atoms with Crippen molar-refractivity contribution in [1.82, 2.24) is 10.2 Å². The molecule has 1 aliphatic heterocycles. The first-order chi connectivity index (χ1) is 13.6. The molecule has 0 aliphatic carbocycles. The van der Waals surface area contributed by atoms with Crippen LogP contribution < -0.4 is 5.32 Å². The minimum absolute atomic E-state index is 0.114. The van der Waals surface area contributed by atoms with Crippen LogP contribution in [0.1, 0.15) is 24.0 Å². The second-order valence-electron chi connectivity index (χ2n) is 6.72. The van der Waals surface area contributed by atoms with E-state index in [9.17, 15) is 32.8 Å². The van der Waals surface area contributed by atoms with Crippen molar-refractivity contribution in [2.45, 2.75) is 37.5 Å². The van der Waals surface area contributed by atoms with Crippen LogP contribution in [0.2, 0.25) is 0 Å². The Morgan fingerprint density at radius 2 is 2.00 bits per heavy atom. The van der Waals surface area contributed by atoms with Gasteiger partial charge >= 0.3 is 19.4 Å². The number of hydrogen-bond acceptors (Lipinski definition) is 5. The number of carbonyl (C=O) groups is 2. The maximum Gasteiger partial charge on any atom is 0.475 e. The summed E-state index contributed by atoms with van der Waals surface area (Å²) in [5.74, 6) is -1.46. The number of alkyl carbamates (subject to hydrolysis) is 1. The molecule has 0 aromatic heterocycles. The molecule has 1 aliphatic rings. The van der Waals surface area contributed by atoms with Crippen molar-refractivity contribution in [3.63, 3.8) is 0 Å². The van der Waals surface area contributed by atoms with Gasteiger partial charge in [-0.2, -0.15) is 13.2 Å². The predicted octanol–water partition coefficient (Wildman–Crippen LogP) is 1.53. The van der Waals surface area contributed by atoms with Crippen LogP contribution in [0.5, 0.6) is 0 Å². The third kappa shape index (κ3) is 6.79. The third-order valence-corrected chi connectivity index (χ3v) is 4.54. The fourth-order valence-corrected chi connectivity index (χ4v) is 3.02. The highest BCUT2D eigenvalue weighted by Crippen LogP contribution is 2.29. The van der Waals surface area contributed by atoms with Gasteiger partial charge in [0.25, 0.3) is 0 Å². The van der Waals surface area contributed by atoms with Crippen LogP contribution in [0.25, 0.3) is 0 Å². The lowest BCUT2D eigenvalue weighted by Gasteiger charge is -2.32.